The van der Waals surface area contributed by atoms with Crippen molar-refractivity contribution in [2.45, 2.75) is 18.9 Å². The van der Waals surface area contributed by atoms with E-state index in [1.54, 1.807) is 0 Å². The predicted octanol–water partition coefficient (Wildman–Crippen LogP) is -1.04. The Morgan fingerprint density at radius 3 is 2.89 bits per heavy atom. The van der Waals surface area contributed by atoms with E-state index in [-0.39, 0.29) is 44.9 Å². The molecule has 7 nitrogen and oxygen atoms in total. The van der Waals surface area contributed by atoms with Gasteiger partial charge in [-0.1, -0.05) is 0 Å². The fraction of sp³-hybridized carbons (Fsp3) is 0.900. The van der Waals surface area contributed by atoms with Crippen LogP contribution in [0.15, 0.2) is 0 Å². The number of aliphatic hydroxyl groups is 1. The van der Waals surface area contributed by atoms with Crippen LogP contribution in [0.1, 0.15) is 12.8 Å². The van der Waals surface area contributed by atoms with Crippen LogP contribution < -0.4 is 0 Å². The molecule has 0 radical (unpaired) electrons. The normalized spacial score (nSPS) is 21.8. The largest absolute Gasteiger partial charge is 0.469 e. The molecule has 0 bridgehead atoms. The second-order valence-electron chi connectivity index (χ2n) is 4.03. The average molecular weight is 281 g/mol. The minimum atomic E-state index is -3.40. The van der Waals surface area contributed by atoms with Gasteiger partial charge in [0.15, 0.2) is 0 Å². The molecular weight excluding hydrogens is 262 g/mol. The van der Waals surface area contributed by atoms with Crippen molar-refractivity contribution in [2.75, 3.05) is 39.2 Å². The third-order valence-corrected chi connectivity index (χ3v) is 4.63. The Hall–Kier alpha value is -0.700. The maximum absolute atomic E-state index is 12.0. The second-order valence-corrected chi connectivity index (χ2v) is 6.12. The first-order valence-electron chi connectivity index (χ1n) is 5.76. The van der Waals surface area contributed by atoms with Gasteiger partial charge >= 0.3 is 5.97 Å². The van der Waals surface area contributed by atoms with Gasteiger partial charge in [0.1, 0.15) is 0 Å². The Kier molecular flexibility index (Phi) is 6.00. The number of methoxy groups -OCH3 is 1. The van der Waals surface area contributed by atoms with Crippen LogP contribution in [0.2, 0.25) is 0 Å². The van der Waals surface area contributed by atoms with E-state index in [1.165, 1.54) is 11.4 Å². The van der Waals surface area contributed by atoms with Crippen molar-refractivity contribution in [1.82, 2.24) is 4.31 Å². The van der Waals surface area contributed by atoms with E-state index in [4.69, 9.17) is 9.84 Å². The third kappa shape index (κ3) is 4.52. The summed E-state index contributed by atoms with van der Waals surface area (Å²) in [7, 11) is -2.13. The molecule has 1 N–H and O–H groups in total. The van der Waals surface area contributed by atoms with Crippen molar-refractivity contribution in [1.29, 1.82) is 0 Å². The molecule has 0 spiro atoms. The molecule has 1 aliphatic rings. The van der Waals surface area contributed by atoms with E-state index in [1.807, 2.05) is 0 Å². The lowest BCUT2D eigenvalue weighted by atomic mass is 10.3. The second kappa shape index (κ2) is 7.03. The van der Waals surface area contributed by atoms with Crippen LogP contribution in [0.25, 0.3) is 0 Å². The van der Waals surface area contributed by atoms with Gasteiger partial charge < -0.3 is 14.6 Å². The van der Waals surface area contributed by atoms with Crippen molar-refractivity contribution in [3.05, 3.63) is 0 Å². The monoisotopic (exact) mass is 281 g/mol. The SMILES string of the molecule is COC(=O)CCCS(=O)(=O)N1CCOC(CO)C1. The fourth-order valence-corrected chi connectivity index (χ4v) is 3.20. The van der Waals surface area contributed by atoms with E-state index in [9.17, 15) is 13.2 Å². The summed E-state index contributed by atoms with van der Waals surface area (Å²) in [5.41, 5.74) is 0. The first-order chi connectivity index (χ1) is 8.49. The molecule has 0 amide bonds. The van der Waals surface area contributed by atoms with Gasteiger partial charge in [-0.3, -0.25) is 4.79 Å². The van der Waals surface area contributed by atoms with Crippen molar-refractivity contribution in [3.63, 3.8) is 0 Å². The number of hydrogen-bond acceptors (Lipinski definition) is 6. The van der Waals surface area contributed by atoms with Crippen molar-refractivity contribution < 1.29 is 27.8 Å². The quantitative estimate of drug-likeness (QED) is 0.625. The number of nitrogens with zero attached hydrogens (tertiary/aromatic N) is 1. The van der Waals surface area contributed by atoms with Gasteiger partial charge in [-0.2, -0.15) is 4.31 Å². The Bertz CT molecular complexity index is 369. The number of morpholine rings is 1. The lowest BCUT2D eigenvalue weighted by molar-refractivity contribution is -0.140. The van der Waals surface area contributed by atoms with Gasteiger partial charge in [-0.15, -0.1) is 0 Å². The average Bonchev–Trinajstić information content (AvgIpc) is 2.38. The summed E-state index contributed by atoms with van der Waals surface area (Å²) in [5, 5.41) is 8.95. The number of aliphatic hydroxyl groups excluding tert-OH is 1. The van der Waals surface area contributed by atoms with Crippen molar-refractivity contribution in [2.24, 2.45) is 0 Å². The van der Waals surface area contributed by atoms with Crippen LogP contribution in [0, 0.1) is 0 Å². The maximum Gasteiger partial charge on any atom is 0.305 e. The zero-order valence-corrected chi connectivity index (χ0v) is 11.2. The summed E-state index contributed by atoms with van der Waals surface area (Å²) in [5.74, 6) is -0.513. The highest BCUT2D eigenvalue weighted by atomic mass is 32.2. The molecule has 0 saturated carbocycles. The lowest BCUT2D eigenvalue weighted by Crippen LogP contribution is -2.47. The molecule has 1 saturated heterocycles. The van der Waals surface area contributed by atoms with Gasteiger partial charge in [0, 0.05) is 19.5 Å². The van der Waals surface area contributed by atoms with Gasteiger partial charge in [-0.05, 0) is 6.42 Å². The van der Waals surface area contributed by atoms with Crippen LogP contribution in [0.5, 0.6) is 0 Å². The fourth-order valence-electron chi connectivity index (χ4n) is 1.69. The van der Waals surface area contributed by atoms with Gasteiger partial charge in [0.25, 0.3) is 0 Å². The molecule has 1 heterocycles. The van der Waals surface area contributed by atoms with Gasteiger partial charge in [0.05, 0.1) is 32.2 Å². The van der Waals surface area contributed by atoms with Crippen LogP contribution in [-0.4, -0.2) is 69.1 Å². The summed E-state index contributed by atoms with van der Waals surface area (Å²) in [6, 6.07) is 0. The highest BCUT2D eigenvalue weighted by Crippen LogP contribution is 2.12. The first-order valence-corrected chi connectivity index (χ1v) is 7.37. The Morgan fingerprint density at radius 1 is 1.56 bits per heavy atom. The zero-order chi connectivity index (χ0) is 13.6. The zero-order valence-electron chi connectivity index (χ0n) is 10.4. The van der Waals surface area contributed by atoms with Crippen LogP contribution in [0.4, 0.5) is 0 Å². The Labute approximate surface area is 107 Å². The van der Waals surface area contributed by atoms with E-state index >= 15 is 0 Å². The maximum atomic E-state index is 12.0. The number of carbonyl (C=O) groups excluding carboxylic acids is 1. The first kappa shape index (κ1) is 15.4. The number of ether oxygens (including phenoxy) is 2. The third-order valence-electron chi connectivity index (χ3n) is 2.71. The van der Waals surface area contributed by atoms with E-state index in [0.29, 0.717) is 0 Å². The molecule has 8 heteroatoms. The van der Waals surface area contributed by atoms with E-state index < -0.39 is 22.1 Å². The number of esters is 1. The molecule has 0 aromatic rings. The molecule has 1 aliphatic heterocycles. The molecule has 0 aromatic heterocycles. The van der Waals surface area contributed by atoms with Crippen LogP contribution in [-0.2, 0) is 24.3 Å². The Balaban J connectivity index is 2.45. The van der Waals surface area contributed by atoms with Crippen LogP contribution in [0.3, 0.4) is 0 Å². The molecule has 1 fully saturated rings. The highest BCUT2D eigenvalue weighted by Gasteiger charge is 2.28. The summed E-state index contributed by atoms with van der Waals surface area (Å²) < 4.78 is 34.8. The number of carbonyl (C=O) groups is 1. The molecule has 0 aromatic carbocycles. The topological polar surface area (TPSA) is 93.1 Å². The van der Waals surface area contributed by atoms with Crippen molar-refractivity contribution in [3.8, 4) is 0 Å². The summed E-state index contributed by atoms with van der Waals surface area (Å²) in [4.78, 5) is 10.9. The highest BCUT2D eigenvalue weighted by molar-refractivity contribution is 7.89. The van der Waals surface area contributed by atoms with Crippen molar-refractivity contribution >= 4 is 16.0 Å². The van der Waals surface area contributed by atoms with Gasteiger partial charge in [-0.25, -0.2) is 8.42 Å². The van der Waals surface area contributed by atoms with E-state index in [0.717, 1.165) is 0 Å². The number of rotatable bonds is 6. The molecule has 0 aliphatic carbocycles. The smallest absolute Gasteiger partial charge is 0.305 e. The molecule has 1 atom stereocenters. The molecule has 1 unspecified atom stereocenters. The molecule has 1 rings (SSSR count). The standard InChI is InChI=1S/C10H19NO6S/c1-16-10(13)3-2-6-18(14,15)11-4-5-17-9(7-11)8-12/h9,12H,2-8H2,1H3. The molecule has 106 valence electrons. The molecule has 18 heavy (non-hydrogen) atoms. The lowest BCUT2D eigenvalue weighted by Gasteiger charge is -2.31. The number of hydrogen-bond donors (Lipinski definition) is 1. The minimum absolute atomic E-state index is 0.0868. The van der Waals surface area contributed by atoms with E-state index in [2.05, 4.69) is 4.74 Å². The number of sulfonamides is 1. The summed E-state index contributed by atoms with van der Waals surface area (Å²) in [6.07, 6.45) is -0.145. The Morgan fingerprint density at radius 2 is 2.28 bits per heavy atom. The minimum Gasteiger partial charge on any atom is -0.469 e. The molecular formula is C10H19NO6S. The summed E-state index contributed by atoms with van der Waals surface area (Å²) in [6.45, 7) is 0.532. The summed E-state index contributed by atoms with van der Waals surface area (Å²) >= 11 is 0. The predicted molar refractivity (Wildman–Crippen MR) is 63.4 cm³/mol. The van der Waals surface area contributed by atoms with Gasteiger partial charge in [0.2, 0.25) is 10.0 Å². The van der Waals surface area contributed by atoms with Crippen LogP contribution >= 0.6 is 0 Å².